The monoisotopic (exact) mass is 412 g/mol. The lowest BCUT2D eigenvalue weighted by Gasteiger charge is -2.34. The maximum atomic E-state index is 12.7. The summed E-state index contributed by atoms with van der Waals surface area (Å²) in [5, 5.41) is 4.10. The Bertz CT molecular complexity index is 885. The van der Waals surface area contributed by atoms with E-state index in [1.54, 1.807) is 11.3 Å². The van der Waals surface area contributed by atoms with E-state index in [1.165, 1.54) is 10.4 Å². The van der Waals surface area contributed by atoms with E-state index >= 15 is 0 Å². The van der Waals surface area contributed by atoms with Crippen molar-refractivity contribution in [3.8, 4) is 0 Å². The number of amides is 2. The average molecular weight is 413 g/mol. The number of aryl methyl sites for hydroxylation is 2. The number of anilines is 2. The van der Waals surface area contributed by atoms with Crippen LogP contribution in [0.25, 0.3) is 0 Å². The van der Waals surface area contributed by atoms with Gasteiger partial charge in [-0.1, -0.05) is 24.6 Å². The fourth-order valence-electron chi connectivity index (χ4n) is 3.97. The largest absolute Gasteiger partial charge is 0.345 e. The van der Waals surface area contributed by atoms with Crippen LogP contribution in [-0.4, -0.2) is 47.9 Å². The molecule has 154 valence electrons. The molecule has 29 heavy (non-hydrogen) atoms. The zero-order valence-electron chi connectivity index (χ0n) is 17.1. The smallest absolute Gasteiger partial charge is 0.227 e. The van der Waals surface area contributed by atoms with Gasteiger partial charge in [-0.05, 0) is 38.3 Å². The highest BCUT2D eigenvalue weighted by Gasteiger charge is 2.29. The third-order valence-corrected chi connectivity index (χ3v) is 7.00. The maximum Gasteiger partial charge on any atom is 0.227 e. The Morgan fingerprint density at radius 2 is 1.90 bits per heavy atom. The molecule has 7 heteroatoms. The molecule has 2 heterocycles. The average Bonchev–Trinajstić information content (AvgIpc) is 3.18. The molecule has 1 aromatic heterocycles. The van der Waals surface area contributed by atoms with Crippen LogP contribution in [0.4, 0.5) is 10.8 Å². The molecule has 1 aliphatic carbocycles. The third-order valence-electron chi connectivity index (χ3n) is 5.82. The molecule has 1 aliphatic heterocycles. The minimum Gasteiger partial charge on any atom is -0.345 e. The molecule has 1 N–H and O–H groups in total. The van der Waals surface area contributed by atoms with Gasteiger partial charge in [0.15, 0.2) is 5.13 Å². The lowest BCUT2D eigenvalue weighted by molar-refractivity contribution is -0.131. The van der Waals surface area contributed by atoms with Gasteiger partial charge in [0.2, 0.25) is 11.8 Å². The molecule has 1 atom stereocenters. The van der Waals surface area contributed by atoms with Gasteiger partial charge in [-0.2, -0.15) is 0 Å². The molecule has 0 spiro atoms. The number of fused-ring (bicyclic) bond motifs is 1. The number of benzene rings is 1. The molecular weight excluding hydrogens is 384 g/mol. The van der Waals surface area contributed by atoms with Crippen molar-refractivity contribution >= 4 is 34.0 Å². The van der Waals surface area contributed by atoms with Crippen molar-refractivity contribution in [1.82, 2.24) is 9.88 Å². The number of nitrogens with one attached hydrogen (secondary N) is 1. The molecule has 0 bridgehead atoms. The molecule has 0 unspecified atom stereocenters. The Kier molecular flexibility index (Phi) is 5.85. The number of thiazole rings is 1. The Hall–Kier alpha value is -2.41. The van der Waals surface area contributed by atoms with Crippen LogP contribution in [0.3, 0.4) is 0 Å². The van der Waals surface area contributed by atoms with E-state index in [0.29, 0.717) is 6.42 Å². The van der Waals surface area contributed by atoms with E-state index in [9.17, 15) is 9.59 Å². The van der Waals surface area contributed by atoms with E-state index in [1.807, 2.05) is 43.0 Å². The van der Waals surface area contributed by atoms with Crippen molar-refractivity contribution in [2.24, 2.45) is 5.92 Å². The molecule has 0 radical (unpaired) electrons. The van der Waals surface area contributed by atoms with Crippen LogP contribution in [-0.2, 0) is 22.4 Å². The number of hydrogen-bond donors (Lipinski definition) is 1. The number of carbonyl (C=O) groups is 2. The van der Waals surface area contributed by atoms with Crippen molar-refractivity contribution in [2.75, 3.05) is 36.4 Å². The quantitative estimate of drug-likeness (QED) is 0.837. The van der Waals surface area contributed by atoms with Crippen LogP contribution < -0.4 is 10.2 Å². The van der Waals surface area contributed by atoms with Crippen molar-refractivity contribution in [3.05, 3.63) is 40.4 Å². The van der Waals surface area contributed by atoms with Gasteiger partial charge >= 0.3 is 0 Å². The summed E-state index contributed by atoms with van der Waals surface area (Å²) < 4.78 is 0. The van der Waals surface area contributed by atoms with E-state index in [4.69, 9.17) is 4.98 Å². The van der Waals surface area contributed by atoms with Crippen LogP contribution in [0.2, 0.25) is 0 Å². The molecule has 1 fully saturated rings. The summed E-state index contributed by atoms with van der Waals surface area (Å²) in [6, 6.07) is 7.93. The molecule has 0 saturated carbocycles. The SMILES string of the molecule is CCC(=O)N1CCN(c2nc3c(s2)C[C@H](C(=O)Nc2ccc(C)cc2)CC3)CC1. The van der Waals surface area contributed by atoms with Crippen LogP contribution in [0.1, 0.15) is 35.9 Å². The summed E-state index contributed by atoms with van der Waals surface area (Å²) in [5.41, 5.74) is 3.19. The molecular formula is C22H28N4O2S. The fourth-order valence-corrected chi connectivity index (χ4v) is 5.21. The minimum atomic E-state index is -0.00359. The summed E-state index contributed by atoms with van der Waals surface area (Å²) >= 11 is 1.72. The lowest BCUT2D eigenvalue weighted by Crippen LogP contribution is -2.48. The molecule has 2 aliphatic rings. The van der Waals surface area contributed by atoms with Gasteiger partial charge in [0.25, 0.3) is 0 Å². The first-order valence-electron chi connectivity index (χ1n) is 10.4. The second-order valence-corrected chi connectivity index (χ2v) is 8.94. The lowest BCUT2D eigenvalue weighted by atomic mass is 9.90. The fraction of sp³-hybridized carbons (Fsp3) is 0.500. The van der Waals surface area contributed by atoms with Crippen molar-refractivity contribution in [1.29, 1.82) is 0 Å². The highest BCUT2D eigenvalue weighted by atomic mass is 32.1. The van der Waals surface area contributed by atoms with E-state index in [-0.39, 0.29) is 17.7 Å². The number of nitrogens with zero attached hydrogens (tertiary/aromatic N) is 3. The van der Waals surface area contributed by atoms with E-state index < -0.39 is 0 Å². The van der Waals surface area contributed by atoms with Crippen LogP contribution >= 0.6 is 11.3 Å². The van der Waals surface area contributed by atoms with Crippen LogP contribution in [0.5, 0.6) is 0 Å². The Balaban J connectivity index is 1.37. The molecule has 1 aromatic carbocycles. The molecule has 1 saturated heterocycles. The third kappa shape index (κ3) is 4.45. The highest BCUT2D eigenvalue weighted by Crippen LogP contribution is 2.35. The molecule has 4 rings (SSSR count). The number of hydrogen-bond acceptors (Lipinski definition) is 5. The van der Waals surface area contributed by atoms with Gasteiger partial charge in [-0.15, -0.1) is 11.3 Å². The summed E-state index contributed by atoms with van der Waals surface area (Å²) in [6.45, 7) is 7.13. The Labute approximate surface area is 175 Å². The number of rotatable bonds is 4. The summed E-state index contributed by atoms with van der Waals surface area (Å²) in [7, 11) is 0. The van der Waals surface area contributed by atoms with Gasteiger partial charge in [-0.3, -0.25) is 9.59 Å². The summed E-state index contributed by atoms with van der Waals surface area (Å²) in [5.74, 6) is 0.322. The Morgan fingerprint density at radius 3 is 2.59 bits per heavy atom. The number of piperazine rings is 1. The van der Waals surface area contributed by atoms with Gasteiger partial charge in [0, 0.05) is 49.1 Å². The van der Waals surface area contributed by atoms with Crippen LogP contribution in [0.15, 0.2) is 24.3 Å². The van der Waals surface area contributed by atoms with Gasteiger partial charge in [0.1, 0.15) is 0 Å². The van der Waals surface area contributed by atoms with Gasteiger partial charge < -0.3 is 15.1 Å². The van der Waals surface area contributed by atoms with E-state index in [2.05, 4.69) is 10.2 Å². The summed E-state index contributed by atoms with van der Waals surface area (Å²) in [4.78, 5) is 34.9. The first-order chi connectivity index (χ1) is 14.0. The maximum absolute atomic E-state index is 12.7. The first-order valence-corrected chi connectivity index (χ1v) is 11.2. The zero-order valence-corrected chi connectivity index (χ0v) is 17.9. The number of carbonyl (C=O) groups excluding carboxylic acids is 2. The molecule has 6 nitrogen and oxygen atoms in total. The van der Waals surface area contributed by atoms with Crippen LogP contribution in [0, 0.1) is 12.8 Å². The van der Waals surface area contributed by atoms with Crippen molar-refractivity contribution < 1.29 is 9.59 Å². The topological polar surface area (TPSA) is 65.5 Å². The van der Waals surface area contributed by atoms with Gasteiger partial charge in [-0.25, -0.2) is 4.98 Å². The first kappa shape index (κ1) is 19.9. The second-order valence-electron chi connectivity index (χ2n) is 7.88. The minimum absolute atomic E-state index is 0.00359. The van der Waals surface area contributed by atoms with Gasteiger partial charge in [0.05, 0.1) is 5.69 Å². The Morgan fingerprint density at radius 1 is 1.17 bits per heavy atom. The second kappa shape index (κ2) is 8.53. The standard InChI is InChI=1S/C22H28N4O2S/c1-3-20(27)25-10-12-26(13-11-25)22-24-18-9-6-16(14-19(18)29-22)21(28)23-17-7-4-15(2)5-8-17/h4-5,7-8,16H,3,6,9-14H2,1-2H3,(H,23,28)/t16-/m1/s1. The predicted octanol–water partition coefficient (Wildman–Crippen LogP) is 3.25. The zero-order chi connectivity index (χ0) is 20.4. The summed E-state index contributed by atoms with van der Waals surface area (Å²) in [6.07, 6.45) is 3.02. The predicted molar refractivity (Wildman–Crippen MR) is 117 cm³/mol. The normalized spacial score (nSPS) is 19.0. The van der Waals surface area contributed by atoms with E-state index in [0.717, 1.165) is 62.0 Å². The number of aromatic nitrogens is 1. The molecule has 2 amide bonds. The van der Waals surface area contributed by atoms with Crippen molar-refractivity contribution in [3.63, 3.8) is 0 Å². The highest BCUT2D eigenvalue weighted by molar-refractivity contribution is 7.15. The molecule has 2 aromatic rings. The van der Waals surface area contributed by atoms with Crippen molar-refractivity contribution in [2.45, 2.75) is 39.5 Å².